The summed E-state index contributed by atoms with van der Waals surface area (Å²) in [6.07, 6.45) is 2.19. The maximum absolute atomic E-state index is 11.3. The maximum atomic E-state index is 11.3. The van der Waals surface area contributed by atoms with Crippen molar-refractivity contribution >= 4 is 5.97 Å². The zero-order valence-corrected chi connectivity index (χ0v) is 14.4. The Morgan fingerprint density at radius 3 is 2.44 bits per heavy atom. The van der Waals surface area contributed by atoms with E-state index in [-0.39, 0.29) is 0 Å². The van der Waals surface area contributed by atoms with Gasteiger partial charge in [0, 0.05) is 5.92 Å². The number of nitrogens with zero attached hydrogens (tertiary/aromatic N) is 3. The molecule has 0 spiro atoms. The molecule has 3 aromatic rings. The highest BCUT2D eigenvalue weighted by molar-refractivity contribution is 5.89. The minimum absolute atomic E-state index is 0.328. The van der Waals surface area contributed by atoms with Crippen LogP contribution in [0.1, 0.15) is 52.6 Å². The molecule has 25 heavy (non-hydrogen) atoms. The van der Waals surface area contributed by atoms with Gasteiger partial charge in [0.2, 0.25) is 0 Å². The van der Waals surface area contributed by atoms with Gasteiger partial charge in [0.15, 0.2) is 0 Å². The lowest BCUT2D eigenvalue weighted by atomic mass is 9.99. The predicted octanol–water partition coefficient (Wildman–Crippen LogP) is 3.74. The largest absolute Gasteiger partial charge is 0.478 e. The molecule has 3 rings (SSSR count). The lowest BCUT2D eigenvalue weighted by Gasteiger charge is -2.10. The SMILES string of the molecule is CC(C)c1ncnn1Cc1ccc(Cc2ccccc2C(=O)O)cc1. The number of benzene rings is 2. The van der Waals surface area contributed by atoms with E-state index in [1.807, 2.05) is 28.9 Å². The zero-order chi connectivity index (χ0) is 17.8. The molecule has 1 aromatic heterocycles. The molecule has 2 aromatic carbocycles. The van der Waals surface area contributed by atoms with Gasteiger partial charge in [-0.2, -0.15) is 5.10 Å². The van der Waals surface area contributed by atoms with E-state index < -0.39 is 5.97 Å². The first-order chi connectivity index (χ1) is 12.0. The van der Waals surface area contributed by atoms with Crippen molar-refractivity contribution < 1.29 is 9.90 Å². The lowest BCUT2D eigenvalue weighted by molar-refractivity contribution is 0.0696. The Morgan fingerprint density at radius 2 is 1.76 bits per heavy atom. The highest BCUT2D eigenvalue weighted by atomic mass is 16.4. The maximum Gasteiger partial charge on any atom is 0.335 e. The van der Waals surface area contributed by atoms with Crippen LogP contribution in [0, 0.1) is 0 Å². The van der Waals surface area contributed by atoms with Crippen molar-refractivity contribution in [2.24, 2.45) is 0 Å². The van der Waals surface area contributed by atoms with Crippen molar-refractivity contribution in [3.05, 3.63) is 82.9 Å². The van der Waals surface area contributed by atoms with Crippen LogP contribution >= 0.6 is 0 Å². The van der Waals surface area contributed by atoms with Crippen LogP contribution in [0.15, 0.2) is 54.9 Å². The van der Waals surface area contributed by atoms with Crippen LogP contribution in [0.5, 0.6) is 0 Å². The molecule has 0 amide bonds. The Bertz CT molecular complexity index is 867. The van der Waals surface area contributed by atoms with Crippen LogP contribution in [0.3, 0.4) is 0 Å². The molecule has 5 nitrogen and oxygen atoms in total. The first-order valence-corrected chi connectivity index (χ1v) is 8.31. The molecule has 0 unspecified atom stereocenters. The van der Waals surface area contributed by atoms with E-state index in [0.29, 0.717) is 24.4 Å². The number of aromatic nitrogens is 3. The lowest BCUT2D eigenvalue weighted by Crippen LogP contribution is -2.08. The smallest absolute Gasteiger partial charge is 0.335 e. The number of carboxylic acid groups (broad SMARTS) is 1. The molecule has 0 aliphatic carbocycles. The average molecular weight is 335 g/mol. The molecule has 0 fully saturated rings. The number of hydrogen-bond acceptors (Lipinski definition) is 3. The summed E-state index contributed by atoms with van der Waals surface area (Å²) in [6, 6.07) is 15.3. The van der Waals surface area contributed by atoms with Gasteiger partial charge in [-0.1, -0.05) is 56.3 Å². The Kier molecular flexibility index (Phi) is 4.93. The molecule has 0 bridgehead atoms. The second-order valence-electron chi connectivity index (χ2n) is 6.39. The van der Waals surface area contributed by atoms with Gasteiger partial charge in [0.05, 0.1) is 12.1 Å². The van der Waals surface area contributed by atoms with E-state index in [2.05, 4.69) is 36.1 Å². The van der Waals surface area contributed by atoms with E-state index in [4.69, 9.17) is 0 Å². The minimum Gasteiger partial charge on any atom is -0.478 e. The van der Waals surface area contributed by atoms with Crippen LogP contribution in [0.25, 0.3) is 0 Å². The van der Waals surface area contributed by atoms with Gasteiger partial charge in [0.1, 0.15) is 12.2 Å². The quantitative estimate of drug-likeness (QED) is 0.745. The third-order valence-electron chi connectivity index (χ3n) is 4.16. The predicted molar refractivity (Wildman–Crippen MR) is 95.9 cm³/mol. The van der Waals surface area contributed by atoms with Crippen molar-refractivity contribution in [1.29, 1.82) is 0 Å². The van der Waals surface area contributed by atoms with E-state index >= 15 is 0 Å². The fourth-order valence-corrected chi connectivity index (χ4v) is 2.88. The van der Waals surface area contributed by atoms with Crippen LogP contribution in [0.2, 0.25) is 0 Å². The average Bonchev–Trinajstić information content (AvgIpc) is 3.05. The van der Waals surface area contributed by atoms with Gasteiger partial charge in [-0.15, -0.1) is 0 Å². The van der Waals surface area contributed by atoms with Crippen molar-refractivity contribution in [3.63, 3.8) is 0 Å². The number of carboxylic acids is 1. The van der Waals surface area contributed by atoms with Crippen molar-refractivity contribution in [3.8, 4) is 0 Å². The molecular formula is C20H21N3O2. The van der Waals surface area contributed by atoms with E-state index in [1.165, 1.54) is 0 Å². The summed E-state index contributed by atoms with van der Waals surface area (Å²) in [4.78, 5) is 15.6. The summed E-state index contributed by atoms with van der Waals surface area (Å²) >= 11 is 0. The third-order valence-corrected chi connectivity index (χ3v) is 4.16. The van der Waals surface area contributed by atoms with Gasteiger partial charge in [-0.05, 0) is 29.2 Å². The minimum atomic E-state index is -0.889. The van der Waals surface area contributed by atoms with Crippen LogP contribution < -0.4 is 0 Å². The second kappa shape index (κ2) is 7.30. The highest BCUT2D eigenvalue weighted by Gasteiger charge is 2.11. The van der Waals surface area contributed by atoms with Crippen LogP contribution in [-0.4, -0.2) is 25.8 Å². The summed E-state index contributed by atoms with van der Waals surface area (Å²) in [6.45, 7) is 4.88. The van der Waals surface area contributed by atoms with Crippen molar-refractivity contribution in [2.75, 3.05) is 0 Å². The Morgan fingerprint density at radius 1 is 1.08 bits per heavy atom. The molecule has 1 N–H and O–H groups in total. The van der Waals surface area contributed by atoms with Gasteiger partial charge in [0.25, 0.3) is 0 Å². The molecule has 0 aliphatic rings. The van der Waals surface area contributed by atoms with Crippen LogP contribution in [0.4, 0.5) is 0 Å². The van der Waals surface area contributed by atoms with Gasteiger partial charge in [-0.3, -0.25) is 0 Å². The molecule has 0 radical (unpaired) electrons. The Balaban J connectivity index is 1.75. The molecule has 0 atom stereocenters. The number of rotatable bonds is 6. The molecule has 5 heteroatoms. The first-order valence-electron chi connectivity index (χ1n) is 8.31. The van der Waals surface area contributed by atoms with Crippen molar-refractivity contribution in [1.82, 2.24) is 14.8 Å². The van der Waals surface area contributed by atoms with Crippen LogP contribution in [-0.2, 0) is 13.0 Å². The third kappa shape index (κ3) is 3.94. The summed E-state index contributed by atoms with van der Waals surface area (Å²) in [5.74, 6) is 0.411. The number of carbonyl (C=O) groups is 1. The summed E-state index contributed by atoms with van der Waals surface area (Å²) < 4.78 is 1.92. The number of aromatic carboxylic acids is 1. The Hall–Kier alpha value is -2.95. The van der Waals surface area contributed by atoms with E-state index in [1.54, 1.807) is 18.5 Å². The first kappa shape index (κ1) is 16.9. The van der Waals surface area contributed by atoms with Gasteiger partial charge >= 0.3 is 5.97 Å². The molecular weight excluding hydrogens is 314 g/mol. The monoisotopic (exact) mass is 335 g/mol. The van der Waals surface area contributed by atoms with E-state index in [9.17, 15) is 9.90 Å². The topological polar surface area (TPSA) is 68.0 Å². The van der Waals surface area contributed by atoms with Crippen molar-refractivity contribution in [2.45, 2.75) is 32.7 Å². The van der Waals surface area contributed by atoms with E-state index in [0.717, 1.165) is 22.5 Å². The standard InChI is InChI=1S/C20H21N3O2/c1-14(2)19-21-13-22-23(19)12-16-9-7-15(8-10-16)11-17-5-3-4-6-18(17)20(24)25/h3-10,13-14H,11-12H2,1-2H3,(H,24,25). The summed E-state index contributed by atoms with van der Waals surface area (Å²) in [7, 11) is 0. The second-order valence-corrected chi connectivity index (χ2v) is 6.39. The zero-order valence-electron chi connectivity index (χ0n) is 14.4. The molecule has 128 valence electrons. The normalized spacial score (nSPS) is 11.0. The fraction of sp³-hybridized carbons (Fsp3) is 0.250. The summed E-state index contributed by atoms with van der Waals surface area (Å²) in [5.41, 5.74) is 3.40. The fourth-order valence-electron chi connectivity index (χ4n) is 2.88. The van der Waals surface area contributed by atoms with Gasteiger partial charge < -0.3 is 5.11 Å². The number of hydrogen-bond donors (Lipinski definition) is 1. The highest BCUT2D eigenvalue weighted by Crippen LogP contribution is 2.17. The molecule has 0 saturated carbocycles. The molecule has 1 heterocycles. The van der Waals surface area contributed by atoms with Gasteiger partial charge in [-0.25, -0.2) is 14.5 Å². The summed E-state index contributed by atoms with van der Waals surface area (Å²) in [5, 5.41) is 13.6. The molecule has 0 aliphatic heterocycles. The molecule has 0 saturated heterocycles. The Labute approximate surface area is 147 Å².